The second-order valence-electron chi connectivity index (χ2n) is 2.96. The Hall–Kier alpha value is -1.13. The minimum absolute atomic E-state index is 0.0957. The maximum atomic E-state index is 11.5. The van der Waals surface area contributed by atoms with E-state index in [4.69, 9.17) is 5.73 Å². The van der Waals surface area contributed by atoms with Crippen molar-refractivity contribution in [3.63, 3.8) is 0 Å². The standard InChI is InChI=1S/C10H10N2OS/c11-6-8-12-10(13)9(14-8)7-4-2-1-3-5-7/h1-5,9H,6,11H2. The molecule has 1 atom stereocenters. The number of thioether (sulfide) groups is 1. The van der Waals surface area contributed by atoms with E-state index in [0.29, 0.717) is 6.54 Å². The summed E-state index contributed by atoms with van der Waals surface area (Å²) < 4.78 is 0. The molecule has 0 aliphatic carbocycles. The number of aliphatic imine (C=N–C) groups is 1. The molecule has 3 nitrogen and oxygen atoms in total. The first-order chi connectivity index (χ1) is 6.81. The van der Waals surface area contributed by atoms with Crippen LogP contribution in [0.2, 0.25) is 0 Å². The Bertz CT molecular complexity index is 375. The van der Waals surface area contributed by atoms with Gasteiger partial charge in [-0.25, -0.2) is 4.99 Å². The molecule has 0 aromatic heterocycles. The molecule has 2 rings (SSSR count). The van der Waals surface area contributed by atoms with Gasteiger partial charge in [0.25, 0.3) is 5.91 Å². The van der Waals surface area contributed by atoms with Crippen molar-refractivity contribution in [1.82, 2.24) is 0 Å². The van der Waals surface area contributed by atoms with Gasteiger partial charge in [0, 0.05) is 6.54 Å². The van der Waals surface area contributed by atoms with Crippen LogP contribution in [0.5, 0.6) is 0 Å². The van der Waals surface area contributed by atoms with Gasteiger partial charge in [-0.1, -0.05) is 42.1 Å². The van der Waals surface area contributed by atoms with E-state index < -0.39 is 0 Å². The average Bonchev–Trinajstić information content (AvgIpc) is 2.61. The Kier molecular flexibility index (Phi) is 2.65. The molecule has 0 saturated carbocycles. The fourth-order valence-corrected chi connectivity index (χ4v) is 2.28. The summed E-state index contributed by atoms with van der Waals surface area (Å²) in [5.74, 6) is -0.0957. The molecule has 0 spiro atoms. The van der Waals surface area contributed by atoms with Gasteiger partial charge in [-0.2, -0.15) is 0 Å². The molecule has 0 saturated heterocycles. The molecule has 1 aliphatic heterocycles. The van der Waals surface area contributed by atoms with Gasteiger partial charge in [0.1, 0.15) is 5.25 Å². The van der Waals surface area contributed by atoms with Gasteiger partial charge in [-0.05, 0) is 5.56 Å². The van der Waals surface area contributed by atoms with Gasteiger partial charge in [0.05, 0.1) is 5.04 Å². The van der Waals surface area contributed by atoms with Crippen LogP contribution in [0.4, 0.5) is 0 Å². The number of hydrogen-bond donors (Lipinski definition) is 1. The quantitative estimate of drug-likeness (QED) is 0.794. The number of carbonyl (C=O) groups is 1. The molecule has 1 unspecified atom stereocenters. The maximum Gasteiger partial charge on any atom is 0.264 e. The molecule has 14 heavy (non-hydrogen) atoms. The molecule has 1 heterocycles. The molecule has 0 bridgehead atoms. The zero-order valence-corrected chi connectivity index (χ0v) is 8.33. The second kappa shape index (κ2) is 3.94. The third-order valence-electron chi connectivity index (χ3n) is 1.99. The lowest BCUT2D eigenvalue weighted by atomic mass is 10.1. The fourth-order valence-electron chi connectivity index (χ4n) is 1.33. The zero-order chi connectivity index (χ0) is 9.97. The minimum atomic E-state index is -0.185. The van der Waals surface area contributed by atoms with Gasteiger partial charge < -0.3 is 5.73 Å². The number of benzene rings is 1. The highest BCUT2D eigenvalue weighted by molar-refractivity contribution is 8.15. The van der Waals surface area contributed by atoms with Gasteiger partial charge in [-0.3, -0.25) is 4.79 Å². The van der Waals surface area contributed by atoms with Crippen LogP contribution >= 0.6 is 11.8 Å². The monoisotopic (exact) mass is 206 g/mol. The van der Waals surface area contributed by atoms with Crippen molar-refractivity contribution in [3.05, 3.63) is 35.9 Å². The van der Waals surface area contributed by atoms with E-state index in [-0.39, 0.29) is 11.2 Å². The van der Waals surface area contributed by atoms with Gasteiger partial charge >= 0.3 is 0 Å². The number of carbonyl (C=O) groups excluding carboxylic acids is 1. The molecule has 1 aromatic carbocycles. The predicted molar refractivity (Wildman–Crippen MR) is 58.3 cm³/mol. The Labute approximate surface area is 86.4 Å². The normalized spacial score (nSPS) is 21.1. The van der Waals surface area contributed by atoms with Crippen LogP contribution in [-0.4, -0.2) is 17.5 Å². The van der Waals surface area contributed by atoms with Crippen LogP contribution in [0.3, 0.4) is 0 Å². The molecular weight excluding hydrogens is 196 g/mol. The summed E-state index contributed by atoms with van der Waals surface area (Å²) >= 11 is 1.45. The Morgan fingerprint density at radius 2 is 2.07 bits per heavy atom. The third-order valence-corrected chi connectivity index (χ3v) is 3.23. The molecular formula is C10H10N2OS. The molecule has 1 aromatic rings. The number of nitrogens with two attached hydrogens (primary N) is 1. The van der Waals surface area contributed by atoms with Crippen molar-refractivity contribution in [2.75, 3.05) is 6.54 Å². The van der Waals surface area contributed by atoms with Crippen LogP contribution in [0, 0.1) is 0 Å². The molecule has 0 radical (unpaired) electrons. The molecule has 72 valence electrons. The highest BCUT2D eigenvalue weighted by Crippen LogP contribution is 2.35. The van der Waals surface area contributed by atoms with Crippen LogP contribution in [0.1, 0.15) is 10.8 Å². The van der Waals surface area contributed by atoms with Crippen LogP contribution in [0.15, 0.2) is 35.3 Å². The first kappa shape index (κ1) is 9.43. The molecule has 0 fully saturated rings. The maximum absolute atomic E-state index is 11.5. The van der Waals surface area contributed by atoms with E-state index in [9.17, 15) is 4.79 Å². The molecule has 2 N–H and O–H groups in total. The molecule has 4 heteroatoms. The lowest BCUT2D eigenvalue weighted by molar-refractivity contribution is -0.117. The van der Waals surface area contributed by atoms with E-state index in [1.165, 1.54) is 11.8 Å². The van der Waals surface area contributed by atoms with Crippen molar-refractivity contribution in [2.45, 2.75) is 5.25 Å². The SMILES string of the molecule is NCC1=NC(=O)C(c2ccccc2)S1. The number of amides is 1. The van der Waals surface area contributed by atoms with Crippen LogP contribution in [-0.2, 0) is 4.79 Å². The Morgan fingerprint density at radius 1 is 1.36 bits per heavy atom. The highest BCUT2D eigenvalue weighted by atomic mass is 32.2. The van der Waals surface area contributed by atoms with Crippen LogP contribution in [0.25, 0.3) is 0 Å². The van der Waals surface area contributed by atoms with Crippen molar-refractivity contribution in [3.8, 4) is 0 Å². The fraction of sp³-hybridized carbons (Fsp3) is 0.200. The minimum Gasteiger partial charge on any atom is -0.325 e. The summed E-state index contributed by atoms with van der Waals surface area (Å²) in [4.78, 5) is 15.4. The summed E-state index contributed by atoms with van der Waals surface area (Å²) in [6.45, 7) is 0.347. The summed E-state index contributed by atoms with van der Waals surface area (Å²) in [5.41, 5.74) is 6.43. The topological polar surface area (TPSA) is 55.4 Å². The first-order valence-corrected chi connectivity index (χ1v) is 5.22. The second-order valence-corrected chi connectivity index (χ2v) is 4.13. The summed E-state index contributed by atoms with van der Waals surface area (Å²) in [6.07, 6.45) is 0. The Morgan fingerprint density at radius 3 is 2.64 bits per heavy atom. The third kappa shape index (κ3) is 1.71. The smallest absolute Gasteiger partial charge is 0.264 e. The van der Waals surface area contributed by atoms with Crippen LogP contribution < -0.4 is 5.73 Å². The number of nitrogens with zero attached hydrogens (tertiary/aromatic N) is 1. The van der Waals surface area contributed by atoms with Crippen molar-refractivity contribution in [1.29, 1.82) is 0 Å². The van der Waals surface area contributed by atoms with E-state index >= 15 is 0 Å². The number of rotatable bonds is 2. The lowest BCUT2D eigenvalue weighted by Gasteiger charge is -2.05. The predicted octanol–water partition coefficient (Wildman–Crippen LogP) is 1.36. The summed E-state index contributed by atoms with van der Waals surface area (Å²) in [5, 5.41) is 0.540. The zero-order valence-electron chi connectivity index (χ0n) is 7.51. The number of hydrogen-bond acceptors (Lipinski definition) is 3. The van der Waals surface area contributed by atoms with Gasteiger partial charge in [0.15, 0.2) is 0 Å². The van der Waals surface area contributed by atoms with Gasteiger partial charge in [0.2, 0.25) is 0 Å². The van der Waals surface area contributed by atoms with Crippen molar-refractivity contribution in [2.24, 2.45) is 10.7 Å². The molecule has 1 amide bonds. The van der Waals surface area contributed by atoms with E-state index in [1.807, 2.05) is 30.3 Å². The van der Waals surface area contributed by atoms with Gasteiger partial charge in [-0.15, -0.1) is 0 Å². The van der Waals surface area contributed by atoms with E-state index in [2.05, 4.69) is 4.99 Å². The Balaban J connectivity index is 2.21. The van der Waals surface area contributed by atoms with E-state index in [0.717, 1.165) is 10.6 Å². The average molecular weight is 206 g/mol. The summed E-state index contributed by atoms with van der Waals surface area (Å²) in [7, 11) is 0. The molecule has 1 aliphatic rings. The van der Waals surface area contributed by atoms with Crippen molar-refractivity contribution >= 4 is 22.7 Å². The largest absolute Gasteiger partial charge is 0.325 e. The van der Waals surface area contributed by atoms with E-state index in [1.54, 1.807) is 0 Å². The van der Waals surface area contributed by atoms with Crippen molar-refractivity contribution < 1.29 is 4.79 Å². The highest BCUT2D eigenvalue weighted by Gasteiger charge is 2.28. The first-order valence-electron chi connectivity index (χ1n) is 4.34. The summed E-state index contributed by atoms with van der Waals surface area (Å²) in [6, 6.07) is 9.64. The lowest BCUT2D eigenvalue weighted by Crippen LogP contribution is -2.07.